The average molecular weight is 360 g/mol. The maximum absolute atomic E-state index is 12.0. The first kappa shape index (κ1) is 18.5. The van der Waals surface area contributed by atoms with Gasteiger partial charge in [-0.05, 0) is 57.7 Å². The number of benzene rings is 1. The van der Waals surface area contributed by atoms with Crippen LogP contribution in [0, 0.1) is 0 Å². The Hall–Kier alpha value is -2.24. The standard InChI is InChI=1S/C20H28N2O4/c1-20(2,3)26-19(25)21-12-15(13-21)14-7-9-16(10-8-14)22-11-5-4-6-17(22)18(23)24/h7-10,15,17H,4-6,11-13H2,1-3H3,(H,23,24). The van der Waals surface area contributed by atoms with Gasteiger partial charge < -0.3 is 19.6 Å². The summed E-state index contributed by atoms with van der Waals surface area (Å²) in [7, 11) is 0. The summed E-state index contributed by atoms with van der Waals surface area (Å²) in [5.41, 5.74) is 1.67. The van der Waals surface area contributed by atoms with Crippen molar-refractivity contribution < 1.29 is 19.4 Å². The van der Waals surface area contributed by atoms with Crippen LogP contribution in [-0.4, -0.2) is 53.3 Å². The molecule has 0 aromatic heterocycles. The van der Waals surface area contributed by atoms with Gasteiger partial charge in [-0.1, -0.05) is 12.1 Å². The molecule has 0 aliphatic carbocycles. The molecule has 2 aliphatic heterocycles. The summed E-state index contributed by atoms with van der Waals surface area (Å²) in [6.07, 6.45) is 2.43. The second-order valence-electron chi connectivity index (χ2n) is 8.22. The highest BCUT2D eigenvalue weighted by Gasteiger charge is 2.35. The minimum atomic E-state index is -0.749. The number of likely N-dealkylation sites (tertiary alicyclic amines) is 1. The van der Waals surface area contributed by atoms with Crippen LogP contribution >= 0.6 is 0 Å². The summed E-state index contributed by atoms with van der Waals surface area (Å²) in [5.74, 6) is -0.436. The normalized spacial score (nSPS) is 21.3. The number of ether oxygens (including phenoxy) is 1. The van der Waals surface area contributed by atoms with Gasteiger partial charge >= 0.3 is 12.1 Å². The highest BCUT2D eigenvalue weighted by molar-refractivity contribution is 5.78. The molecule has 0 radical (unpaired) electrons. The second-order valence-corrected chi connectivity index (χ2v) is 8.22. The lowest BCUT2D eigenvalue weighted by Gasteiger charge is -2.40. The van der Waals surface area contributed by atoms with E-state index < -0.39 is 17.6 Å². The first-order valence-electron chi connectivity index (χ1n) is 9.32. The number of piperidine rings is 1. The summed E-state index contributed by atoms with van der Waals surface area (Å²) in [6, 6.07) is 7.69. The van der Waals surface area contributed by atoms with Crippen molar-refractivity contribution in [1.29, 1.82) is 0 Å². The average Bonchev–Trinajstić information content (AvgIpc) is 2.52. The van der Waals surface area contributed by atoms with Crippen LogP contribution in [0.2, 0.25) is 0 Å². The Balaban J connectivity index is 1.59. The molecular weight excluding hydrogens is 332 g/mol. The van der Waals surface area contributed by atoms with E-state index in [9.17, 15) is 14.7 Å². The SMILES string of the molecule is CC(C)(C)OC(=O)N1CC(c2ccc(N3CCCCC3C(=O)O)cc2)C1. The van der Waals surface area contributed by atoms with Crippen molar-refractivity contribution in [2.75, 3.05) is 24.5 Å². The minimum Gasteiger partial charge on any atom is -0.480 e. The van der Waals surface area contributed by atoms with Crippen LogP contribution in [0.25, 0.3) is 0 Å². The van der Waals surface area contributed by atoms with Gasteiger partial charge in [-0.15, -0.1) is 0 Å². The first-order valence-corrected chi connectivity index (χ1v) is 9.32. The van der Waals surface area contributed by atoms with Crippen LogP contribution in [0.4, 0.5) is 10.5 Å². The third-order valence-electron chi connectivity index (χ3n) is 5.02. The molecule has 26 heavy (non-hydrogen) atoms. The predicted molar refractivity (Wildman–Crippen MR) is 99.6 cm³/mol. The van der Waals surface area contributed by atoms with Crippen molar-refractivity contribution in [3.63, 3.8) is 0 Å². The van der Waals surface area contributed by atoms with E-state index in [4.69, 9.17) is 4.74 Å². The number of carbonyl (C=O) groups excluding carboxylic acids is 1. The Labute approximate surface area is 154 Å². The van der Waals surface area contributed by atoms with Gasteiger partial charge in [0.2, 0.25) is 0 Å². The predicted octanol–water partition coefficient (Wildman–Crippen LogP) is 3.46. The Bertz CT molecular complexity index is 659. The van der Waals surface area contributed by atoms with Crippen molar-refractivity contribution in [2.45, 2.75) is 57.6 Å². The van der Waals surface area contributed by atoms with E-state index in [1.165, 1.54) is 5.56 Å². The Kier molecular flexibility index (Phi) is 5.12. The molecule has 6 heteroatoms. The molecule has 3 rings (SSSR count). The summed E-state index contributed by atoms with van der Waals surface area (Å²) in [6.45, 7) is 7.71. The lowest BCUT2D eigenvalue weighted by molar-refractivity contribution is -0.139. The number of aliphatic carboxylic acids is 1. The number of amides is 1. The molecule has 1 aromatic rings. The molecule has 0 saturated carbocycles. The molecule has 0 spiro atoms. The molecule has 1 amide bonds. The zero-order valence-corrected chi connectivity index (χ0v) is 15.8. The topological polar surface area (TPSA) is 70.1 Å². The molecule has 2 fully saturated rings. The summed E-state index contributed by atoms with van der Waals surface area (Å²) in [4.78, 5) is 27.2. The van der Waals surface area contributed by atoms with E-state index >= 15 is 0 Å². The summed E-state index contributed by atoms with van der Waals surface area (Å²) in [5, 5.41) is 9.43. The molecule has 1 unspecified atom stereocenters. The van der Waals surface area contributed by atoms with Gasteiger partial charge in [0.25, 0.3) is 0 Å². The van der Waals surface area contributed by atoms with Gasteiger partial charge in [0.1, 0.15) is 11.6 Å². The van der Waals surface area contributed by atoms with Gasteiger partial charge in [-0.25, -0.2) is 9.59 Å². The Morgan fingerprint density at radius 3 is 2.35 bits per heavy atom. The maximum atomic E-state index is 12.0. The second kappa shape index (κ2) is 7.17. The fourth-order valence-corrected chi connectivity index (χ4v) is 3.60. The van der Waals surface area contributed by atoms with Crippen molar-refractivity contribution >= 4 is 17.7 Å². The van der Waals surface area contributed by atoms with Crippen LogP contribution in [-0.2, 0) is 9.53 Å². The smallest absolute Gasteiger partial charge is 0.410 e. The number of hydrogen-bond donors (Lipinski definition) is 1. The zero-order valence-electron chi connectivity index (χ0n) is 15.8. The van der Waals surface area contributed by atoms with E-state index in [0.29, 0.717) is 25.4 Å². The fraction of sp³-hybridized carbons (Fsp3) is 0.600. The van der Waals surface area contributed by atoms with Crippen molar-refractivity contribution in [1.82, 2.24) is 4.90 Å². The van der Waals surface area contributed by atoms with E-state index in [2.05, 4.69) is 12.1 Å². The van der Waals surface area contributed by atoms with Crippen molar-refractivity contribution in [3.05, 3.63) is 29.8 Å². The fourth-order valence-electron chi connectivity index (χ4n) is 3.60. The largest absolute Gasteiger partial charge is 0.480 e. The minimum absolute atomic E-state index is 0.261. The monoisotopic (exact) mass is 360 g/mol. The molecule has 2 saturated heterocycles. The number of carboxylic acids is 1. The molecule has 1 atom stereocenters. The molecule has 6 nitrogen and oxygen atoms in total. The van der Waals surface area contributed by atoms with E-state index in [1.807, 2.05) is 37.8 Å². The molecular formula is C20H28N2O4. The van der Waals surface area contributed by atoms with Crippen LogP contribution in [0.5, 0.6) is 0 Å². The Morgan fingerprint density at radius 1 is 1.12 bits per heavy atom. The number of carboxylic acid groups (broad SMARTS) is 1. The lowest BCUT2D eigenvalue weighted by Crippen LogP contribution is -2.50. The van der Waals surface area contributed by atoms with Gasteiger partial charge in [0, 0.05) is 31.2 Å². The quantitative estimate of drug-likeness (QED) is 0.894. The van der Waals surface area contributed by atoms with Crippen LogP contribution < -0.4 is 4.90 Å². The lowest BCUT2D eigenvalue weighted by atomic mass is 9.91. The van der Waals surface area contributed by atoms with Crippen LogP contribution in [0.3, 0.4) is 0 Å². The highest BCUT2D eigenvalue weighted by Crippen LogP contribution is 2.31. The molecule has 0 bridgehead atoms. The van der Waals surface area contributed by atoms with Gasteiger partial charge in [0.15, 0.2) is 0 Å². The zero-order chi connectivity index (χ0) is 18.9. The first-order chi connectivity index (χ1) is 12.2. The third kappa shape index (κ3) is 4.11. The molecule has 2 aliphatic rings. The van der Waals surface area contributed by atoms with E-state index in [0.717, 1.165) is 25.1 Å². The van der Waals surface area contributed by atoms with Crippen molar-refractivity contribution in [3.8, 4) is 0 Å². The third-order valence-corrected chi connectivity index (χ3v) is 5.02. The number of anilines is 1. The van der Waals surface area contributed by atoms with Crippen LogP contribution in [0.15, 0.2) is 24.3 Å². The van der Waals surface area contributed by atoms with Gasteiger partial charge in [-0.2, -0.15) is 0 Å². The Morgan fingerprint density at radius 2 is 1.77 bits per heavy atom. The molecule has 1 N–H and O–H groups in total. The van der Waals surface area contributed by atoms with Gasteiger partial charge in [-0.3, -0.25) is 0 Å². The van der Waals surface area contributed by atoms with E-state index in [-0.39, 0.29) is 6.09 Å². The van der Waals surface area contributed by atoms with Gasteiger partial charge in [0.05, 0.1) is 0 Å². The molecule has 2 heterocycles. The number of carbonyl (C=O) groups is 2. The number of nitrogens with zero attached hydrogens (tertiary/aromatic N) is 2. The highest BCUT2D eigenvalue weighted by atomic mass is 16.6. The molecule has 1 aromatic carbocycles. The number of rotatable bonds is 3. The summed E-state index contributed by atoms with van der Waals surface area (Å²) >= 11 is 0. The van der Waals surface area contributed by atoms with Crippen molar-refractivity contribution in [2.24, 2.45) is 0 Å². The molecule has 142 valence electrons. The van der Waals surface area contributed by atoms with Crippen LogP contribution in [0.1, 0.15) is 51.5 Å². The number of hydrogen-bond acceptors (Lipinski definition) is 4. The van der Waals surface area contributed by atoms with E-state index in [1.54, 1.807) is 4.90 Å². The summed E-state index contributed by atoms with van der Waals surface area (Å²) < 4.78 is 5.38. The maximum Gasteiger partial charge on any atom is 0.410 e.